The molecule has 1 aromatic heterocycles. The van der Waals surface area contributed by atoms with Crippen LogP contribution in [0.4, 0.5) is 0 Å². The summed E-state index contributed by atoms with van der Waals surface area (Å²) in [6.07, 6.45) is 5.21. The zero-order valence-corrected chi connectivity index (χ0v) is 10.9. The minimum Gasteiger partial charge on any atom is -0.338 e. The second-order valence-electron chi connectivity index (χ2n) is 4.93. The van der Waals surface area contributed by atoms with Crippen LogP contribution in [0.15, 0.2) is 18.3 Å². The molecule has 2 heterocycles. The van der Waals surface area contributed by atoms with E-state index in [4.69, 9.17) is 5.73 Å². The standard InChI is InChI=1S/C14H21N3O/c1-2-3-11-5-7-17(10-11)14(18)12-4-6-16-13(8-12)9-15/h4,6,8,11H,2-3,5,7,9-10,15H2,1H3. The number of hydrogen-bond acceptors (Lipinski definition) is 3. The third-order valence-electron chi connectivity index (χ3n) is 3.54. The van der Waals surface area contributed by atoms with Crippen LogP contribution in [0.5, 0.6) is 0 Å². The summed E-state index contributed by atoms with van der Waals surface area (Å²) in [4.78, 5) is 18.4. The third-order valence-corrected chi connectivity index (χ3v) is 3.54. The lowest BCUT2D eigenvalue weighted by molar-refractivity contribution is 0.0786. The molecule has 2 rings (SSSR count). The van der Waals surface area contributed by atoms with E-state index in [0.29, 0.717) is 18.0 Å². The van der Waals surface area contributed by atoms with Gasteiger partial charge in [0.05, 0.1) is 5.69 Å². The van der Waals surface area contributed by atoms with E-state index in [1.54, 1.807) is 18.3 Å². The topological polar surface area (TPSA) is 59.2 Å². The molecule has 1 saturated heterocycles. The molecule has 1 atom stereocenters. The minimum atomic E-state index is 0.116. The predicted molar refractivity (Wildman–Crippen MR) is 71.0 cm³/mol. The van der Waals surface area contributed by atoms with Crippen molar-refractivity contribution in [1.29, 1.82) is 0 Å². The van der Waals surface area contributed by atoms with Gasteiger partial charge in [-0.1, -0.05) is 13.3 Å². The van der Waals surface area contributed by atoms with Gasteiger partial charge in [-0.3, -0.25) is 9.78 Å². The molecule has 4 heteroatoms. The Balaban J connectivity index is 2.03. The molecule has 2 N–H and O–H groups in total. The molecule has 1 aliphatic rings. The van der Waals surface area contributed by atoms with E-state index >= 15 is 0 Å². The predicted octanol–water partition coefficient (Wildman–Crippen LogP) is 1.80. The summed E-state index contributed by atoms with van der Waals surface area (Å²) in [5.74, 6) is 0.792. The highest BCUT2D eigenvalue weighted by Gasteiger charge is 2.26. The number of aromatic nitrogens is 1. The zero-order chi connectivity index (χ0) is 13.0. The first-order valence-corrected chi connectivity index (χ1v) is 6.69. The maximum absolute atomic E-state index is 12.3. The molecule has 1 aliphatic heterocycles. The Hall–Kier alpha value is -1.42. The van der Waals surface area contributed by atoms with Gasteiger partial charge >= 0.3 is 0 Å². The second-order valence-corrected chi connectivity index (χ2v) is 4.93. The molecule has 0 spiro atoms. The molecule has 18 heavy (non-hydrogen) atoms. The van der Waals surface area contributed by atoms with E-state index in [0.717, 1.165) is 25.2 Å². The van der Waals surface area contributed by atoms with Crippen molar-refractivity contribution >= 4 is 5.91 Å². The van der Waals surface area contributed by atoms with Crippen LogP contribution in [-0.2, 0) is 6.54 Å². The number of hydrogen-bond donors (Lipinski definition) is 1. The quantitative estimate of drug-likeness (QED) is 0.882. The molecular formula is C14H21N3O. The lowest BCUT2D eigenvalue weighted by atomic mass is 10.0. The molecule has 0 aliphatic carbocycles. The first-order chi connectivity index (χ1) is 8.74. The Morgan fingerprint density at radius 3 is 3.17 bits per heavy atom. The maximum Gasteiger partial charge on any atom is 0.253 e. The molecule has 0 saturated carbocycles. The summed E-state index contributed by atoms with van der Waals surface area (Å²) >= 11 is 0. The van der Waals surface area contributed by atoms with Crippen LogP contribution in [0.3, 0.4) is 0 Å². The fourth-order valence-electron chi connectivity index (χ4n) is 2.57. The molecule has 0 radical (unpaired) electrons. The largest absolute Gasteiger partial charge is 0.338 e. The first-order valence-electron chi connectivity index (χ1n) is 6.69. The fraction of sp³-hybridized carbons (Fsp3) is 0.571. The summed E-state index contributed by atoms with van der Waals surface area (Å²) in [7, 11) is 0. The Kier molecular flexibility index (Phi) is 4.31. The number of nitrogens with zero attached hydrogens (tertiary/aromatic N) is 2. The van der Waals surface area contributed by atoms with Crippen molar-refractivity contribution in [3.63, 3.8) is 0 Å². The van der Waals surface area contributed by atoms with Crippen LogP contribution in [0.25, 0.3) is 0 Å². The minimum absolute atomic E-state index is 0.116. The van der Waals surface area contributed by atoms with Gasteiger partial charge in [-0.2, -0.15) is 0 Å². The average Bonchev–Trinajstić information content (AvgIpc) is 2.87. The molecule has 98 valence electrons. The first kappa shape index (κ1) is 13.0. The summed E-state index contributed by atoms with van der Waals surface area (Å²) in [5, 5.41) is 0. The number of likely N-dealkylation sites (tertiary alicyclic amines) is 1. The Bertz CT molecular complexity index is 419. The van der Waals surface area contributed by atoms with Gasteiger partial charge in [0.25, 0.3) is 5.91 Å². The van der Waals surface area contributed by atoms with Crippen molar-refractivity contribution in [2.75, 3.05) is 13.1 Å². The van der Waals surface area contributed by atoms with Crippen molar-refractivity contribution < 1.29 is 4.79 Å². The van der Waals surface area contributed by atoms with Gasteiger partial charge in [-0.25, -0.2) is 0 Å². The average molecular weight is 247 g/mol. The fourth-order valence-corrected chi connectivity index (χ4v) is 2.57. The third kappa shape index (κ3) is 2.88. The van der Waals surface area contributed by atoms with E-state index in [2.05, 4.69) is 11.9 Å². The number of carbonyl (C=O) groups is 1. The summed E-state index contributed by atoms with van der Waals surface area (Å²) in [6.45, 7) is 4.34. The number of nitrogens with two attached hydrogens (primary N) is 1. The van der Waals surface area contributed by atoms with Gasteiger partial charge in [-0.15, -0.1) is 0 Å². The van der Waals surface area contributed by atoms with Gasteiger partial charge in [0.2, 0.25) is 0 Å². The molecule has 1 amide bonds. The van der Waals surface area contributed by atoms with Crippen LogP contribution < -0.4 is 5.73 Å². The van der Waals surface area contributed by atoms with Crippen molar-refractivity contribution in [3.05, 3.63) is 29.6 Å². The lowest BCUT2D eigenvalue weighted by Gasteiger charge is -2.16. The van der Waals surface area contributed by atoms with Gasteiger partial charge in [0.1, 0.15) is 0 Å². The molecule has 1 fully saturated rings. The molecular weight excluding hydrogens is 226 g/mol. The Morgan fingerprint density at radius 2 is 2.44 bits per heavy atom. The van der Waals surface area contributed by atoms with E-state index in [-0.39, 0.29) is 5.91 Å². The highest BCUT2D eigenvalue weighted by molar-refractivity contribution is 5.94. The highest BCUT2D eigenvalue weighted by Crippen LogP contribution is 2.22. The molecule has 1 aromatic rings. The SMILES string of the molecule is CCCC1CCN(C(=O)c2ccnc(CN)c2)C1. The van der Waals surface area contributed by atoms with Gasteiger partial charge < -0.3 is 10.6 Å². The van der Waals surface area contributed by atoms with Crippen LogP contribution in [0.2, 0.25) is 0 Å². The molecule has 1 unspecified atom stereocenters. The van der Waals surface area contributed by atoms with Gasteiger partial charge in [0, 0.05) is 31.4 Å². The smallest absolute Gasteiger partial charge is 0.253 e. The van der Waals surface area contributed by atoms with Crippen molar-refractivity contribution in [3.8, 4) is 0 Å². The normalized spacial score (nSPS) is 19.2. The second kappa shape index (κ2) is 5.96. The van der Waals surface area contributed by atoms with E-state index in [1.165, 1.54) is 12.8 Å². The van der Waals surface area contributed by atoms with Crippen LogP contribution in [0.1, 0.15) is 42.2 Å². The Labute approximate surface area is 108 Å². The lowest BCUT2D eigenvalue weighted by Crippen LogP contribution is -2.28. The Morgan fingerprint density at radius 1 is 1.61 bits per heavy atom. The van der Waals surface area contributed by atoms with Gasteiger partial charge in [-0.05, 0) is 30.9 Å². The number of pyridine rings is 1. The molecule has 4 nitrogen and oxygen atoms in total. The molecule has 0 aromatic carbocycles. The van der Waals surface area contributed by atoms with Crippen LogP contribution in [-0.4, -0.2) is 28.9 Å². The maximum atomic E-state index is 12.3. The number of amides is 1. The monoisotopic (exact) mass is 247 g/mol. The van der Waals surface area contributed by atoms with Crippen LogP contribution in [0, 0.1) is 5.92 Å². The van der Waals surface area contributed by atoms with Crippen LogP contribution >= 0.6 is 0 Å². The zero-order valence-electron chi connectivity index (χ0n) is 10.9. The molecule has 0 bridgehead atoms. The summed E-state index contributed by atoms with van der Waals surface area (Å²) in [5.41, 5.74) is 7.03. The van der Waals surface area contributed by atoms with E-state index in [1.807, 2.05) is 4.90 Å². The number of rotatable bonds is 4. The van der Waals surface area contributed by atoms with E-state index < -0.39 is 0 Å². The van der Waals surface area contributed by atoms with Crippen molar-refractivity contribution in [2.45, 2.75) is 32.7 Å². The van der Waals surface area contributed by atoms with Crippen molar-refractivity contribution in [2.24, 2.45) is 11.7 Å². The van der Waals surface area contributed by atoms with Gasteiger partial charge in [0.15, 0.2) is 0 Å². The summed E-state index contributed by atoms with van der Waals surface area (Å²) < 4.78 is 0. The summed E-state index contributed by atoms with van der Waals surface area (Å²) in [6, 6.07) is 3.57. The van der Waals surface area contributed by atoms with E-state index in [9.17, 15) is 4.79 Å². The highest BCUT2D eigenvalue weighted by atomic mass is 16.2. The number of carbonyl (C=O) groups excluding carboxylic acids is 1. The van der Waals surface area contributed by atoms with Crippen molar-refractivity contribution in [1.82, 2.24) is 9.88 Å².